The Bertz CT molecular complexity index is 1000. The van der Waals surface area contributed by atoms with Crippen molar-refractivity contribution in [1.29, 1.82) is 0 Å². The van der Waals surface area contributed by atoms with Crippen LogP contribution in [0.5, 0.6) is 0 Å². The Morgan fingerprint density at radius 2 is 2.00 bits per heavy atom. The lowest BCUT2D eigenvalue weighted by molar-refractivity contribution is 0.660. The van der Waals surface area contributed by atoms with E-state index in [1.54, 1.807) is 18.7 Å². The molecule has 7 heteroatoms. The molecule has 4 aromatic heterocycles. The summed E-state index contributed by atoms with van der Waals surface area (Å²) in [5.74, 6) is 1.74. The topological polar surface area (TPSA) is 73.5 Å². The van der Waals surface area contributed by atoms with Crippen LogP contribution in [0.2, 0.25) is 0 Å². The van der Waals surface area contributed by atoms with Gasteiger partial charge in [0, 0.05) is 37.4 Å². The standard InChI is InChI=1S/C19H21N7/c1-14-15(2)26(16-6-3-4-7-21-16)19-17(14)18(23-12-24-19)22-8-5-10-25-11-9-20-13-25/h3-4,6-7,9,11-13H,5,8,10H2,1-2H3,(H,22,23,24). The van der Waals surface area contributed by atoms with Crippen molar-refractivity contribution in [3.8, 4) is 5.82 Å². The SMILES string of the molecule is Cc1c(C)n(-c2ccccn2)c2ncnc(NCCCn3ccnc3)c12. The molecule has 0 fully saturated rings. The zero-order chi connectivity index (χ0) is 17.9. The van der Waals surface area contributed by atoms with Crippen molar-refractivity contribution in [1.82, 2.24) is 29.1 Å². The Balaban J connectivity index is 1.62. The Labute approximate surface area is 151 Å². The number of nitrogens with zero attached hydrogens (tertiary/aromatic N) is 6. The minimum Gasteiger partial charge on any atom is -0.369 e. The summed E-state index contributed by atoms with van der Waals surface area (Å²) in [7, 11) is 0. The highest BCUT2D eigenvalue weighted by Crippen LogP contribution is 2.30. The number of nitrogens with one attached hydrogen (secondary N) is 1. The highest BCUT2D eigenvalue weighted by atomic mass is 15.1. The van der Waals surface area contributed by atoms with Gasteiger partial charge in [-0.2, -0.15) is 0 Å². The molecule has 4 rings (SSSR count). The average molecular weight is 347 g/mol. The minimum atomic E-state index is 0.831. The van der Waals surface area contributed by atoms with Gasteiger partial charge in [-0.3, -0.25) is 4.57 Å². The number of hydrogen-bond acceptors (Lipinski definition) is 5. The number of imidazole rings is 1. The normalized spacial score (nSPS) is 11.2. The maximum Gasteiger partial charge on any atom is 0.151 e. The van der Waals surface area contributed by atoms with Crippen molar-refractivity contribution in [2.45, 2.75) is 26.8 Å². The van der Waals surface area contributed by atoms with Gasteiger partial charge in [0.05, 0.1) is 11.7 Å². The molecule has 0 unspecified atom stereocenters. The van der Waals surface area contributed by atoms with E-state index < -0.39 is 0 Å². The second-order valence-electron chi connectivity index (χ2n) is 6.24. The summed E-state index contributed by atoms with van der Waals surface area (Å²) in [5, 5.41) is 4.52. The van der Waals surface area contributed by atoms with Gasteiger partial charge in [0.15, 0.2) is 5.65 Å². The van der Waals surface area contributed by atoms with Gasteiger partial charge in [0.1, 0.15) is 18.0 Å². The molecule has 4 aromatic rings. The zero-order valence-electron chi connectivity index (χ0n) is 14.9. The fourth-order valence-corrected chi connectivity index (χ4v) is 3.19. The molecule has 0 spiro atoms. The molecule has 0 aliphatic carbocycles. The van der Waals surface area contributed by atoms with E-state index in [-0.39, 0.29) is 0 Å². The lowest BCUT2D eigenvalue weighted by atomic mass is 10.2. The van der Waals surface area contributed by atoms with Crippen LogP contribution >= 0.6 is 0 Å². The molecule has 132 valence electrons. The van der Waals surface area contributed by atoms with Crippen molar-refractivity contribution in [3.05, 3.63) is 60.7 Å². The fraction of sp³-hybridized carbons (Fsp3) is 0.263. The summed E-state index contributed by atoms with van der Waals surface area (Å²) >= 11 is 0. The van der Waals surface area contributed by atoms with Gasteiger partial charge in [-0.1, -0.05) is 6.07 Å². The highest BCUT2D eigenvalue weighted by Gasteiger charge is 2.17. The van der Waals surface area contributed by atoms with Gasteiger partial charge in [0.25, 0.3) is 0 Å². The summed E-state index contributed by atoms with van der Waals surface area (Å²) < 4.78 is 4.16. The molecule has 0 aromatic carbocycles. The molecule has 0 saturated carbocycles. The predicted molar refractivity (Wildman–Crippen MR) is 101 cm³/mol. The van der Waals surface area contributed by atoms with Gasteiger partial charge in [-0.15, -0.1) is 0 Å². The number of anilines is 1. The minimum absolute atomic E-state index is 0.831. The van der Waals surface area contributed by atoms with Gasteiger partial charge < -0.3 is 9.88 Å². The van der Waals surface area contributed by atoms with Crippen LogP contribution in [0.4, 0.5) is 5.82 Å². The first-order chi connectivity index (χ1) is 12.8. The van der Waals surface area contributed by atoms with E-state index in [1.165, 1.54) is 5.56 Å². The molecule has 7 nitrogen and oxygen atoms in total. The molecule has 26 heavy (non-hydrogen) atoms. The summed E-state index contributed by atoms with van der Waals surface area (Å²) in [6.45, 7) is 5.96. The zero-order valence-corrected chi connectivity index (χ0v) is 14.9. The molecule has 0 amide bonds. The van der Waals surface area contributed by atoms with Gasteiger partial charge in [0.2, 0.25) is 0 Å². The molecule has 0 saturated heterocycles. The number of fused-ring (bicyclic) bond motifs is 1. The van der Waals surface area contributed by atoms with E-state index in [1.807, 2.05) is 30.7 Å². The van der Waals surface area contributed by atoms with E-state index in [2.05, 4.69) is 48.2 Å². The van der Waals surface area contributed by atoms with Gasteiger partial charge in [-0.25, -0.2) is 19.9 Å². The van der Waals surface area contributed by atoms with E-state index in [0.717, 1.165) is 47.9 Å². The van der Waals surface area contributed by atoms with Crippen LogP contribution in [0.1, 0.15) is 17.7 Å². The molecular formula is C19H21N7. The summed E-state index contributed by atoms with van der Waals surface area (Å²) in [6.07, 6.45) is 10.0. The van der Waals surface area contributed by atoms with E-state index in [4.69, 9.17) is 0 Å². The highest BCUT2D eigenvalue weighted by molar-refractivity contribution is 5.92. The third-order valence-corrected chi connectivity index (χ3v) is 4.62. The van der Waals surface area contributed by atoms with Crippen LogP contribution in [0.3, 0.4) is 0 Å². The van der Waals surface area contributed by atoms with Crippen LogP contribution < -0.4 is 5.32 Å². The Morgan fingerprint density at radius 3 is 2.77 bits per heavy atom. The van der Waals surface area contributed by atoms with E-state index >= 15 is 0 Å². The molecule has 4 heterocycles. The number of aromatic nitrogens is 6. The molecule has 0 bridgehead atoms. The van der Waals surface area contributed by atoms with Gasteiger partial charge >= 0.3 is 0 Å². The van der Waals surface area contributed by atoms with Crippen molar-refractivity contribution < 1.29 is 0 Å². The number of aryl methyl sites for hydroxylation is 2. The van der Waals surface area contributed by atoms with Crippen molar-refractivity contribution >= 4 is 16.9 Å². The van der Waals surface area contributed by atoms with Crippen LogP contribution in [0, 0.1) is 13.8 Å². The van der Waals surface area contributed by atoms with Crippen molar-refractivity contribution in [3.63, 3.8) is 0 Å². The first-order valence-electron chi connectivity index (χ1n) is 8.69. The third kappa shape index (κ3) is 2.92. The molecule has 0 atom stereocenters. The summed E-state index contributed by atoms with van der Waals surface area (Å²) in [6, 6.07) is 5.89. The average Bonchev–Trinajstić information content (AvgIpc) is 3.27. The van der Waals surface area contributed by atoms with Crippen molar-refractivity contribution in [2.24, 2.45) is 0 Å². The molecular weight excluding hydrogens is 326 g/mol. The second kappa shape index (κ2) is 6.95. The van der Waals surface area contributed by atoms with Crippen LogP contribution in [-0.4, -0.2) is 35.6 Å². The number of hydrogen-bond donors (Lipinski definition) is 1. The summed E-state index contributed by atoms with van der Waals surface area (Å²) in [4.78, 5) is 17.5. The van der Waals surface area contributed by atoms with E-state index in [0.29, 0.717) is 0 Å². The first kappa shape index (κ1) is 16.3. The van der Waals surface area contributed by atoms with Crippen molar-refractivity contribution in [2.75, 3.05) is 11.9 Å². The maximum absolute atomic E-state index is 4.53. The lowest BCUT2D eigenvalue weighted by Gasteiger charge is -2.08. The van der Waals surface area contributed by atoms with E-state index in [9.17, 15) is 0 Å². The molecule has 1 N–H and O–H groups in total. The Kier molecular flexibility index (Phi) is 4.35. The first-order valence-corrected chi connectivity index (χ1v) is 8.69. The van der Waals surface area contributed by atoms with Crippen LogP contribution in [0.15, 0.2) is 49.4 Å². The largest absolute Gasteiger partial charge is 0.369 e. The predicted octanol–water partition coefficient (Wildman–Crippen LogP) is 3.13. The lowest BCUT2D eigenvalue weighted by Crippen LogP contribution is -2.08. The fourth-order valence-electron chi connectivity index (χ4n) is 3.19. The second-order valence-corrected chi connectivity index (χ2v) is 6.24. The smallest absolute Gasteiger partial charge is 0.151 e. The maximum atomic E-state index is 4.53. The molecule has 0 radical (unpaired) electrons. The third-order valence-electron chi connectivity index (χ3n) is 4.62. The Hall–Kier alpha value is -3.22. The van der Waals surface area contributed by atoms with Gasteiger partial charge in [-0.05, 0) is 38.0 Å². The molecule has 0 aliphatic rings. The van der Waals surface area contributed by atoms with Crippen LogP contribution in [-0.2, 0) is 6.54 Å². The van der Waals surface area contributed by atoms with Crippen LogP contribution in [0.25, 0.3) is 16.9 Å². The Morgan fingerprint density at radius 1 is 1.08 bits per heavy atom. The quantitative estimate of drug-likeness (QED) is 0.543. The molecule has 0 aliphatic heterocycles. The summed E-state index contributed by atoms with van der Waals surface area (Å²) in [5.41, 5.74) is 3.18. The number of pyridine rings is 1. The monoisotopic (exact) mass is 347 g/mol. The number of rotatable bonds is 6.